The smallest absolute Gasteiger partial charge is 0.234 e. The highest BCUT2D eigenvalue weighted by molar-refractivity contribution is 5.78. The van der Waals surface area contributed by atoms with Gasteiger partial charge in [-0.2, -0.15) is 0 Å². The van der Waals surface area contributed by atoms with Gasteiger partial charge >= 0.3 is 0 Å². The Labute approximate surface area is 121 Å². The minimum atomic E-state index is -0.387. The lowest BCUT2D eigenvalue weighted by Crippen LogP contribution is -2.49. The first kappa shape index (κ1) is 16.7. The molecule has 0 fully saturated rings. The molecular formula is C16H26N2O2. The number of nitrogens with zero attached hydrogens (tertiary/aromatic N) is 1. The van der Waals surface area contributed by atoms with Crippen LogP contribution in [0.4, 0.5) is 0 Å². The number of benzene rings is 1. The Morgan fingerprint density at radius 2 is 1.95 bits per heavy atom. The van der Waals surface area contributed by atoms with Gasteiger partial charge in [-0.3, -0.25) is 9.69 Å². The zero-order valence-electron chi connectivity index (χ0n) is 12.9. The molecule has 2 N–H and O–H groups in total. The normalized spacial score (nSPS) is 13.3. The molecule has 0 aromatic heterocycles. The van der Waals surface area contributed by atoms with E-state index in [0.717, 1.165) is 0 Å². The van der Waals surface area contributed by atoms with E-state index in [1.807, 2.05) is 44.0 Å². The van der Waals surface area contributed by atoms with Gasteiger partial charge < -0.3 is 10.4 Å². The Bertz CT molecular complexity index is 418. The molecule has 0 heterocycles. The number of amides is 1. The molecule has 1 unspecified atom stereocenters. The Hall–Kier alpha value is -1.39. The van der Waals surface area contributed by atoms with E-state index in [-0.39, 0.29) is 30.5 Å². The number of nitrogens with one attached hydrogen (secondary N) is 1. The van der Waals surface area contributed by atoms with Crippen LogP contribution in [-0.4, -0.2) is 48.2 Å². The molecule has 0 saturated carbocycles. The van der Waals surface area contributed by atoms with E-state index in [0.29, 0.717) is 6.54 Å². The molecule has 1 rings (SSSR count). The zero-order valence-corrected chi connectivity index (χ0v) is 12.9. The Kier molecular flexibility index (Phi) is 6.17. The van der Waals surface area contributed by atoms with Gasteiger partial charge in [0, 0.05) is 12.1 Å². The fourth-order valence-electron chi connectivity index (χ4n) is 1.77. The van der Waals surface area contributed by atoms with Crippen molar-refractivity contribution in [3.63, 3.8) is 0 Å². The molecule has 1 amide bonds. The average Bonchev–Trinajstić information content (AvgIpc) is 2.45. The first-order chi connectivity index (χ1) is 9.36. The third-order valence-corrected chi connectivity index (χ3v) is 3.78. The van der Waals surface area contributed by atoms with Crippen LogP contribution in [0, 0.1) is 0 Å². The van der Waals surface area contributed by atoms with Crippen molar-refractivity contribution in [2.24, 2.45) is 0 Å². The van der Waals surface area contributed by atoms with Crippen molar-refractivity contribution in [3.05, 3.63) is 35.9 Å². The molecule has 1 atom stereocenters. The van der Waals surface area contributed by atoms with Crippen LogP contribution in [0.3, 0.4) is 0 Å². The Morgan fingerprint density at radius 1 is 1.35 bits per heavy atom. The highest BCUT2D eigenvalue weighted by atomic mass is 16.3. The van der Waals surface area contributed by atoms with E-state index >= 15 is 0 Å². The summed E-state index contributed by atoms with van der Waals surface area (Å²) in [5.41, 5.74) is 0.833. The van der Waals surface area contributed by atoms with Gasteiger partial charge in [0.15, 0.2) is 0 Å². The lowest BCUT2D eigenvalue weighted by Gasteiger charge is -2.33. The third kappa shape index (κ3) is 4.94. The third-order valence-electron chi connectivity index (χ3n) is 3.78. The van der Waals surface area contributed by atoms with E-state index in [9.17, 15) is 9.90 Å². The first-order valence-electron chi connectivity index (χ1n) is 7.00. The van der Waals surface area contributed by atoms with Gasteiger partial charge in [0.1, 0.15) is 0 Å². The number of carbonyl (C=O) groups excluding carboxylic acids is 1. The van der Waals surface area contributed by atoms with Crippen LogP contribution < -0.4 is 5.32 Å². The first-order valence-corrected chi connectivity index (χ1v) is 7.00. The highest BCUT2D eigenvalue weighted by Gasteiger charge is 2.24. The molecule has 112 valence electrons. The monoisotopic (exact) mass is 278 g/mol. The molecule has 4 nitrogen and oxygen atoms in total. The standard InChI is InChI=1S/C16H26N2O2/c1-13(14-8-6-5-7-9-14)10-17-15(20)11-18(4)16(2,3)12-19/h5-9,13,19H,10-12H2,1-4H3,(H,17,20). The molecule has 0 spiro atoms. The van der Waals surface area contributed by atoms with Crippen LogP contribution in [0.15, 0.2) is 30.3 Å². The van der Waals surface area contributed by atoms with Crippen LogP contribution in [0.25, 0.3) is 0 Å². The summed E-state index contributed by atoms with van der Waals surface area (Å²) in [7, 11) is 1.84. The molecular weight excluding hydrogens is 252 g/mol. The molecule has 20 heavy (non-hydrogen) atoms. The van der Waals surface area contributed by atoms with Crippen LogP contribution in [0.5, 0.6) is 0 Å². The van der Waals surface area contributed by atoms with Crippen LogP contribution >= 0.6 is 0 Å². The predicted molar refractivity (Wildman–Crippen MR) is 81.7 cm³/mol. The summed E-state index contributed by atoms with van der Waals surface area (Å²) in [6.07, 6.45) is 0. The fourth-order valence-corrected chi connectivity index (χ4v) is 1.77. The summed E-state index contributed by atoms with van der Waals surface area (Å²) in [6.45, 7) is 6.85. The van der Waals surface area contributed by atoms with E-state index < -0.39 is 0 Å². The number of hydrogen-bond acceptors (Lipinski definition) is 3. The Balaban J connectivity index is 2.41. The predicted octanol–water partition coefficient (Wildman–Crippen LogP) is 1.61. The molecule has 0 bridgehead atoms. The minimum absolute atomic E-state index is 0.0168. The second-order valence-electron chi connectivity index (χ2n) is 5.94. The average molecular weight is 278 g/mol. The van der Waals surface area contributed by atoms with Crippen molar-refractivity contribution in [3.8, 4) is 0 Å². The van der Waals surface area contributed by atoms with Gasteiger partial charge in [0.2, 0.25) is 5.91 Å². The quantitative estimate of drug-likeness (QED) is 0.797. The van der Waals surface area contributed by atoms with Gasteiger partial charge in [-0.25, -0.2) is 0 Å². The molecule has 1 aromatic rings. The summed E-state index contributed by atoms with van der Waals surface area (Å²) < 4.78 is 0. The number of carbonyl (C=O) groups is 1. The van der Waals surface area contributed by atoms with Gasteiger partial charge in [0.25, 0.3) is 0 Å². The molecule has 1 aromatic carbocycles. The maximum absolute atomic E-state index is 11.9. The number of rotatable bonds is 7. The molecule has 0 saturated heterocycles. The SMILES string of the molecule is CC(CNC(=O)CN(C)C(C)(C)CO)c1ccccc1. The van der Waals surface area contributed by atoms with Crippen molar-refractivity contribution in [2.75, 3.05) is 26.7 Å². The summed E-state index contributed by atoms with van der Waals surface area (Å²) >= 11 is 0. The lowest BCUT2D eigenvalue weighted by atomic mass is 10.0. The van der Waals surface area contributed by atoms with E-state index in [4.69, 9.17) is 0 Å². The summed E-state index contributed by atoms with van der Waals surface area (Å²) in [5.74, 6) is 0.271. The zero-order chi connectivity index (χ0) is 15.2. The molecule has 0 aliphatic carbocycles. The van der Waals surface area contributed by atoms with Crippen LogP contribution in [0.1, 0.15) is 32.3 Å². The fraction of sp³-hybridized carbons (Fsp3) is 0.562. The van der Waals surface area contributed by atoms with E-state index in [1.54, 1.807) is 0 Å². The molecule has 0 radical (unpaired) electrons. The van der Waals surface area contributed by atoms with Gasteiger partial charge in [-0.1, -0.05) is 37.3 Å². The molecule has 0 aliphatic heterocycles. The highest BCUT2D eigenvalue weighted by Crippen LogP contribution is 2.13. The molecule has 0 aliphatic rings. The maximum atomic E-state index is 11.9. The summed E-state index contributed by atoms with van der Waals surface area (Å²) in [4.78, 5) is 13.8. The lowest BCUT2D eigenvalue weighted by molar-refractivity contribution is -0.123. The van der Waals surface area contributed by atoms with Gasteiger partial charge in [-0.15, -0.1) is 0 Å². The number of aliphatic hydroxyl groups is 1. The van der Waals surface area contributed by atoms with Crippen LogP contribution in [0.2, 0.25) is 0 Å². The minimum Gasteiger partial charge on any atom is -0.394 e. The van der Waals surface area contributed by atoms with Gasteiger partial charge in [-0.05, 0) is 32.4 Å². The van der Waals surface area contributed by atoms with E-state index in [1.165, 1.54) is 5.56 Å². The summed E-state index contributed by atoms with van der Waals surface area (Å²) in [6, 6.07) is 10.1. The van der Waals surface area contributed by atoms with Crippen molar-refractivity contribution in [1.29, 1.82) is 0 Å². The second kappa shape index (κ2) is 7.41. The number of hydrogen-bond donors (Lipinski definition) is 2. The summed E-state index contributed by atoms with van der Waals surface area (Å²) in [5, 5.41) is 12.2. The Morgan fingerprint density at radius 3 is 2.50 bits per heavy atom. The number of likely N-dealkylation sites (N-methyl/N-ethyl adjacent to an activating group) is 1. The van der Waals surface area contributed by atoms with Crippen molar-refractivity contribution in [1.82, 2.24) is 10.2 Å². The second-order valence-corrected chi connectivity index (χ2v) is 5.94. The van der Waals surface area contributed by atoms with Crippen molar-refractivity contribution >= 4 is 5.91 Å². The largest absolute Gasteiger partial charge is 0.394 e. The molecule has 4 heteroatoms. The maximum Gasteiger partial charge on any atom is 0.234 e. The van der Waals surface area contributed by atoms with Crippen molar-refractivity contribution < 1.29 is 9.90 Å². The number of aliphatic hydroxyl groups excluding tert-OH is 1. The van der Waals surface area contributed by atoms with Crippen molar-refractivity contribution in [2.45, 2.75) is 32.2 Å². The topological polar surface area (TPSA) is 52.6 Å². The van der Waals surface area contributed by atoms with Crippen LogP contribution in [-0.2, 0) is 4.79 Å². The van der Waals surface area contributed by atoms with E-state index in [2.05, 4.69) is 24.4 Å². The van der Waals surface area contributed by atoms with Gasteiger partial charge in [0.05, 0.1) is 13.2 Å².